The molecule has 2 rings (SSSR count). The highest BCUT2D eigenvalue weighted by atomic mass is 35.5. The lowest BCUT2D eigenvalue weighted by Crippen LogP contribution is -2.24. The van der Waals surface area contributed by atoms with Gasteiger partial charge >= 0.3 is 5.97 Å². The summed E-state index contributed by atoms with van der Waals surface area (Å²) in [6.45, 7) is 0.302. The molecule has 0 unspecified atom stereocenters. The van der Waals surface area contributed by atoms with Gasteiger partial charge in [0.05, 0.1) is 5.02 Å². The highest BCUT2D eigenvalue weighted by Gasteiger charge is 2.16. The minimum Gasteiger partial charge on any atom is -0.481 e. The number of carbonyl (C=O) groups excluding carboxylic acids is 1. The van der Waals surface area contributed by atoms with E-state index in [2.05, 4.69) is 5.32 Å². The molecule has 0 aliphatic rings. The molecule has 20 heavy (non-hydrogen) atoms. The van der Waals surface area contributed by atoms with Gasteiger partial charge in [-0.1, -0.05) is 29.3 Å². The predicted octanol–water partition coefficient (Wildman–Crippen LogP) is 3.80. The molecule has 2 aromatic rings. The van der Waals surface area contributed by atoms with Gasteiger partial charge in [0, 0.05) is 28.1 Å². The first kappa shape index (κ1) is 15.1. The molecule has 0 saturated heterocycles. The Morgan fingerprint density at radius 3 is 2.75 bits per heavy atom. The zero-order chi connectivity index (χ0) is 14.7. The average molecular weight is 332 g/mol. The number of fused-ring (bicyclic) bond motifs is 1. The molecule has 0 spiro atoms. The molecule has 1 heterocycles. The number of carboxylic acid groups (broad SMARTS) is 1. The molecule has 0 bridgehead atoms. The Bertz CT molecular complexity index is 669. The lowest BCUT2D eigenvalue weighted by atomic mass is 10.2. The van der Waals surface area contributed by atoms with E-state index in [0.29, 0.717) is 27.9 Å². The molecule has 4 nitrogen and oxygen atoms in total. The number of hydrogen-bond donors (Lipinski definition) is 2. The molecular formula is C13H11Cl2NO3S. The van der Waals surface area contributed by atoms with E-state index in [-0.39, 0.29) is 12.3 Å². The van der Waals surface area contributed by atoms with E-state index in [1.165, 1.54) is 11.3 Å². The Morgan fingerprint density at radius 2 is 2.05 bits per heavy atom. The number of nitrogens with one attached hydrogen (secondary N) is 1. The van der Waals surface area contributed by atoms with Gasteiger partial charge in [0.25, 0.3) is 5.91 Å². The molecular weight excluding hydrogens is 321 g/mol. The number of thiophene rings is 1. The van der Waals surface area contributed by atoms with Gasteiger partial charge in [-0.05, 0) is 18.6 Å². The van der Waals surface area contributed by atoms with Crippen molar-refractivity contribution in [3.8, 4) is 0 Å². The number of benzene rings is 1. The maximum absolute atomic E-state index is 12.0. The van der Waals surface area contributed by atoms with Gasteiger partial charge in [-0.3, -0.25) is 9.59 Å². The summed E-state index contributed by atoms with van der Waals surface area (Å²) in [7, 11) is 0. The first-order valence-corrected chi connectivity index (χ1v) is 7.44. The van der Waals surface area contributed by atoms with Crippen molar-refractivity contribution < 1.29 is 14.7 Å². The van der Waals surface area contributed by atoms with Crippen molar-refractivity contribution in [2.45, 2.75) is 12.8 Å². The maximum Gasteiger partial charge on any atom is 0.303 e. The van der Waals surface area contributed by atoms with Gasteiger partial charge in [0.2, 0.25) is 0 Å². The number of carboxylic acids is 1. The van der Waals surface area contributed by atoms with Crippen molar-refractivity contribution in [3.05, 3.63) is 33.1 Å². The van der Waals surface area contributed by atoms with Gasteiger partial charge in [-0.2, -0.15) is 0 Å². The topological polar surface area (TPSA) is 66.4 Å². The van der Waals surface area contributed by atoms with Crippen LogP contribution in [0.4, 0.5) is 0 Å². The molecule has 0 aliphatic heterocycles. The molecule has 0 radical (unpaired) electrons. The summed E-state index contributed by atoms with van der Waals surface area (Å²) in [6, 6.07) is 5.25. The second kappa shape index (κ2) is 6.43. The number of amides is 1. The smallest absolute Gasteiger partial charge is 0.303 e. The normalized spacial score (nSPS) is 10.7. The standard InChI is InChI=1S/C13H11Cl2NO3S/c14-7-3-4-8-9(6-7)20-12(11(8)15)13(19)16-5-1-2-10(17)18/h3-4,6H,1-2,5H2,(H,16,19)(H,17,18). The van der Waals surface area contributed by atoms with Gasteiger partial charge in [0.1, 0.15) is 4.88 Å². The Morgan fingerprint density at radius 1 is 1.30 bits per heavy atom. The van der Waals surface area contributed by atoms with Crippen LogP contribution in [0.15, 0.2) is 18.2 Å². The van der Waals surface area contributed by atoms with Gasteiger partial charge < -0.3 is 10.4 Å². The summed E-state index contributed by atoms with van der Waals surface area (Å²) in [4.78, 5) is 22.8. The van der Waals surface area contributed by atoms with Crippen molar-refractivity contribution in [1.29, 1.82) is 0 Å². The molecule has 106 valence electrons. The van der Waals surface area contributed by atoms with E-state index in [1.54, 1.807) is 18.2 Å². The zero-order valence-corrected chi connectivity index (χ0v) is 12.6. The Kier molecular flexibility index (Phi) is 4.86. The van der Waals surface area contributed by atoms with Crippen molar-refractivity contribution in [2.75, 3.05) is 6.54 Å². The molecule has 2 N–H and O–H groups in total. The Hall–Kier alpha value is -1.30. The first-order valence-electron chi connectivity index (χ1n) is 5.86. The number of carbonyl (C=O) groups is 2. The van der Waals surface area contributed by atoms with Crippen molar-refractivity contribution in [3.63, 3.8) is 0 Å². The molecule has 0 atom stereocenters. The summed E-state index contributed by atoms with van der Waals surface area (Å²) < 4.78 is 0.846. The summed E-state index contributed by atoms with van der Waals surface area (Å²) >= 11 is 13.3. The minimum absolute atomic E-state index is 0.0238. The van der Waals surface area contributed by atoms with Crippen LogP contribution >= 0.6 is 34.5 Å². The fourth-order valence-corrected chi connectivity index (χ4v) is 3.42. The lowest BCUT2D eigenvalue weighted by molar-refractivity contribution is -0.137. The summed E-state index contributed by atoms with van der Waals surface area (Å²) in [5, 5.41) is 13.0. The highest BCUT2D eigenvalue weighted by molar-refractivity contribution is 7.21. The van der Waals surface area contributed by atoms with Crippen molar-refractivity contribution in [2.24, 2.45) is 0 Å². The predicted molar refractivity (Wildman–Crippen MR) is 81.0 cm³/mol. The van der Waals surface area contributed by atoms with Crippen LogP contribution in [0.3, 0.4) is 0 Å². The second-order valence-corrected chi connectivity index (χ2v) is 6.01. The molecule has 0 aliphatic carbocycles. The molecule has 7 heteroatoms. The van der Waals surface area contributed by atoms with Crippen LogP contribution in [0.5, 0.6) is 0 Å². The SMILES string of the molecule is O=C(O)CCCNC(=O)c1sc2cc(Cl)ccc2c1Cl. The summed E-state index contributed by atoms with van der Waals surface area (Å²) in [5.41, 5.74) is 0. The van der Waals surface area contributed by atoms with Crippen LogP contribution in [0, 0.1) is 0 Å². The lowest BCUT2D eigenvalue weighted by Gasteiger charge is -2.02. The monoisotopic (exact) mass is 331 g/mol. The maximum atomic E-state index is 12.0. The molecule has 0 saturated carbocycles. The first-order chi connectivity index (χ1) is 9.49. The van der Waals surface area contributed by atoms with Gasteiger partial charge in [-0.25, -0.2) is 0 Å². The highest BCUT2D eigenvalue weighted by Crippen LogP contribution is 2.36. The summed E-state index contributed by atoms with van der Waals surface area (Å²) in [6.07, 6.45) is 0.408. The number of rotatable bonds is 5. The summed E-state index contributed by atoms with van der Waals surface area (Å²) in [5.74, 6) is -1.17. The molecule has 1 amide bonds. The Balaban J connectivity index is 2.10. The largest absolute Gasteiger partial charge is 0.481 e. The van der Waals surface area contributed by atoms with Crippen molar-refractivity contribution >= 4 is 56.5 Å². The fraction of sp³-hybridized carbons (Fsp3) is 0.231. The number of halogens is 2. The van der Waals surface area contributed by atoms with E-state index in [9.17, 15) is 9.59 Å². The molecule has 0 fully saturated rings. The number of aliphatic carboxylic acids is 1. The van der Waals surface area contributed by atoms with Crippen LogP contribution in [-0.2, 0) is 4.79 Å². The molecule has 1 aromatic carbocycles. The third kappa shape index (κ3) is 3.42. The van der Waals surface area contributed by atoms with E-state index >= 15 is 0 Å². The Labute approximate surface area is 129 Å². The second-order valence-electron chi connectivity index (χ2n) is 4.14. The van der Waals surface area contributed by atoms with Crippen LogP contribution in [-0.4, -0.2) is 23.5 Å². The van der Waals surface area contributed by atoms with E-state index < -0.39 is 5.97 Å². The van der Waals surface area contributed by atoms with Gasteiger partial charge in [0.15, 0.2) is 0 Å². The van der Waals surface area contributed by atoms with E-state index in [1.807, 2.05) is 0 Å². The van der Waals surface area contributed by atoms with Crippen LogP contribution in [0.2, 0.25) is 10.0 Å². The molecule has 1 aromatic heterocycles. The fourth-order valence-electron chi connectivity index (χ4n) is 1.71. The third-order valence-electron chi connectivity index (χ3n) is 2.65. The quantitative estimate of drug-likeness (QED) is 0.819. The van der Waals surface area contributed by atoms with Gasteiger partial charge in [-0.15, -0.1) is 11.3 Å². The van der Waals surface area contributed by atoms with E-state index in [0.717, 1.165) is 10.1 Å². The van der Waals surface area contributed by atoms with Crippen LogP contribution in [0.25, 0.3) is 10.1 Å². The third-order valence-corrected chi connectivity index (χ3v) is 4.54. The van der Waals surface area contributed by atoms with Crippen molar-refractivity contribution in [1.82, 2.24) is 5.32 Å². The zero-order valence-electron chi connectivity index (χ0n) is 10.3. The van der Waals surface area contributed by atoms with Crippen LogP contribution in [0.1, 0.15) is 22.5 Å². The average Bonchev–Trinajstić information content (AvgIpc) is 2.71. The number of hydrogen-bond acceptors (Lipinski definition) is 3. The minimum atomic E-state index is -0.881. The van der Waals surface area contributed by atoms with E-state index in [4.69, 9.17) is 28.3 Å². The van der Waals surface area contributed by atoms with Crippen LogP contribution < -0.4 is 5.32 Å².